The van der Waals surface area contributed by atoms with Crippen molar-refractivity contribution in [2.45, 2.75) is 24.7 Å². The number of carbonyl (C=O) groups is 1. The monoisotopic (exact) mass is 482 g/mol. The highest BCUT2D eigenvalue weighted by Crippen LogP contribution is 2.30. The second kappa shape index (κ2) is 9.89. The van der Waals surface area contributed by atoms with Gasteiger partial charge in [-0.15, -0.1) is 10.2 Å². The van der Waals surface area contributed by atoms with E-state index in [2.05, 4.69) is 26.9 Å². The van der Waals surface area contributed by atoms with E-state index < -0.39 is 0 Å². The largest absolute Gasteiger partial charge is 0.467 e. The van der Waals surface area contributed by atoms with Crippen LogP contribution >= 0.6 is 23.1 Å². The van der Waals surface area contributed by atoms with E-state index in [0.29, 0.717) is 33.1 Å². The number of nitrogens with one attached hydrogen (secondary N) is 2. The van der Waals surface area contributed by atoms with Crippen LogP contribution in [-0.2, 0) is 11.3 Å². The Balaban J connectivity index is 1.41. The number of halogens is 1. The topological polar surface area (TPSA) is 109 Å². The lowest BCUT2D eigenvalue weighted by atomic mass is 10.2. The van der Waals surface area contributed by atoms with Crippen molar-refractivity contribution in [1.82, 2.24) is 14.8 Å². The third-order valence-electron chi connectivity index (χ3n) is 4.92. The van der Waals surface area contributed by atoms with Crippen molar-refractivity contribution >= 4 is 45.6 Å². The predicted octanol–water partition coefficient (Wildman–Crippen LogP) is 5.08. The minimum absolute atomic E-state index is 0.0973. The number of benzene rings is 1. The summed E-state index contributed by atoms with van der Waals surface area (Å²) in [5.74, 6) is 0.682. The second-order valence-corrected chi connectivity index (χ2v) is 9.25. The van der Waals surface area contributed by atoms with Gasteiger partial charge in [0.15, 0.2) is 4.34 Å². The molecule has 0 atom stereocenters. The maximum absolute atomic E-state index is 13.0. The first-order valence-corrected chi connectivity index (χ1v) is 11.7. The number of aromatic nitrogens is 3. The Bertz CT molecular complexity index is 1310. The first-order chi connectivity index (χ1) is 15.9. The SMILES string of the molecule is Cc1c(C#N)c(NC(=O)CSc2nnc(Nc3ccc(F)cc3)s2)n(Cc2ccco2)c1C. The van der Waals surface area contributed by atoms with Gasteiger partial charge in [-0.1, -0.05) is 23.1 Å². The highest BCUT2D eigenvalue weighted by Gasteiger charge is 2.20. The van der Waals surface area contributed by atoms with Crippen LogP contribution < -0.4 is 10.6 Å². The number of furan rings is 1. The van der Waals surface area contributed by atoms with Crippen molar-refractivity contribution in [2.24, 2.45) is 0 Å². The first kappa shape index (κ1) is 22.6. The van der Waals surface area contributed by atoms with Crippen LogP contribution in [0.25, 0.3) is 0 Å². The number of hydrogen-bond donors (Lipinski definition) is 2. The molecule has 0 saturated heterocycles. The van der Waals surface area contributed by atoms with Crippen molar-refractivity contribution in [2.75, 3.05) is 16.4 Å². The second-order valence-electron chi connectivity index (χ2n) is 7.05. The molecule has 4 aromatic rings. The molecule has 11 heteroatoms. The molecule has 0 bridgehead atoms. The number of hydrogen-bond acceptors (Lipinski definition) is 8. The van der Waals surface area contributed by atoms with Crippen LogP contribution in [0, 0.1) is 31.0 Å². The summed E-state index contributed by atoms with van der Waals surface area (Å²) in [7, 11) is 0. The number of nitrogens with zero attached hydrogens (tertiary/aromatic N) is 4. The molecule has 1 amide bonds. The summed E-state index contributed by atoms with van der Waals surface area (Å²) in [6, 6.07) is 11.7. The standard InChI is InChI=1S/C22H19FN6O2S2/c1-13-14(2)29(11-17-4-3-9-31-17)20(18(13)10-24)26-19(30)12-32-22-28-27-21(33-22)25-16-7-5-15(23)6-8-16/h3-9H,11-12H2,1-2H3,(H,25,27)(H,26,30). The molecule has 0 radical (unpaired) electrons. The zero-order chi connectivity index (χ0) is 23.4. The van der Waals surface area contributed by atoms with Crippen LogP contribution in [0.4, 0.5) is 21.0 Å². The van der Waals surface area contributed by atoms with Gasteiger partial charge in [0.2, 0.25) is 11.0 Å². The fourth-order valence-electron chi connectivity index (χ4n) is 3.16. The summed E-state index contributed by atoms with van der Waals surface area (Å²) >= 11 is 2.53. The highest BCUT2D eigenvalue weighted by molar-refractivity contribution is 8.01. The van der Waals surface area contributed by atoms with Gasteiger partial charge >= 0.3 is 0 Å². The number of anilines is 3. The van der Waals surface area contributed by atoms with Crippen molar-refractivity contribution < 1.29 is 13.6 Å². The smallest absolute Gasteiger partial charge is 0.235 e. The van der Waals surface area contributed by atoms with Crippen LogP contribution in [0.1, 0.15) is 22.6 Å². The lowest BCUT2D eigenvalue weighted by molar-refractivity contribution is -0.113. The summed E-state index contributed by atoms with van der Waals surface area (Å²) in [6.07, 6.45) is 1.59. The number of rotatable bonds is 8. The van der Waals surface area contributed by atoms with Crippen molar-refractivity contribution in [3.05, 3.63) is 71.1 Å². The molecule has 3 heterocycles. The minimum atomic E-state index is -0.319. The van der Waals surface area contributed by atoms with E-state index in [0.717, 1.165) is 17.0 Å². The summed E-state index contributed by atoms with van der Waals surface area (Å²) in [4.78, 5) is 12.7. The molecule has 4 rings (SSSR count). The van der Waals surface area contributed by atoms with Crippen molar-refractivity contribution in [3.63, 3.8) is 0 Å². The van der Waals surface area contributed by atoms with Gasteiger partial charge in [0, 0.05) is 11.4 Å². The summed E-state index contributed by atoms with van der Waals surface area (Å²) in [5, 5.41) is 24.2. The predicted molar refractivity (Wildman–Crippen MR) is 125 cm³/mol. The zero-order valence-electron chi connectivity index (χ0n) is 17.8. The van der Waals surface area contributed by atoms with Crippen LogP contribution in [0.5, 0.6) is 0 Å². The Hall–Kier alpha value is -3.62. The summed E-state index contributed by atoms with van der Waals surface area (Å²) in [6.45, 7) is 4.16. The van der Waals surface area contributed by atoms with Crippen LogP contribution in [-0.4, -0.2) is 26.4 Å². The third-order valence-corrected chi connectivity index (χ3v) is 6.89. The van der Waals surface area contributed by atoms with Gasteiger partial charge in [0.1, 0.15) is 23.5 Å². The molecule has 0 unspecified atom stereocenters. The summed E-state index contributed by atoms with van der Waals surface area (Å²) < 4.78 is 20.9. The van der Waals surface area contributed by atoms with Gasteiger partial charge in [0.25, 0.3) is 0 Å². The fourth-order valence-corrected chi connectivity index (χ4v) is 4.73. The van der Waals surface area contributed by atoms with E-state index in [-0.39, 0.29) is 17.5 Å². The molecule has 0 aliphatic heterocycles. The number of carbonyl (C=O) groups excluding carboxylic acids is 1. The minimum Gasteiger partial charge on any atom is -0.467 e. The zero-order valence-corrected chi connectivity index (χ0v) is 19.4. The summed E-state index contributed by atoms with van der Waals surface area (Å²) in [5.41, 5.74) is 2.81. The van der Waals surface area contributed by atoms with Gasteiger partial charge in [-0.3, -0.25) is 4.79 Å². The molecule has 3 aromatic heterocycles. The molecule has 0 aliphatic rings. The van der Waals surface area contributed by atoms with E-state index in [1.54, 1.807) is 24.5 Å². The van der Waals surface area contributed by atoms with Gasteiger partial charge < -0.3 is 19.6 Å². The molecule has 0 aliphatic carbocycles. The first-order valence-electron chi connectivity index (χ1n) is 9.85. The lowest BCUT2D eigenvalue weighted by Gasteiger charge is -2.11. The average Bonchev–Trinajstić information content (AvgIpc) is 3.53. The van der Waals surface area contributed by atoms with Gasteiger partial charge in [-0.25, -0.2) is 4.39 Å². The van der Waals surface area contributed by atoms with E-state index in [4.69, 9.17) is 4.42 Å². The van der Waals surface area contributed by atoms with E-state index in [9.17, 15) is 14.4 Å². The number of thioether (sulfide) groups is 1. The maximum Gasteiger partial charge on any atom is 0.235 e. The Morgan fingerprint density at radius 1 is 1.27 bits per heavy atom. The van der Waals surface area contributed by atoms with Crippen LogP contribution in [0.2, 0.25) is 0 Å². The molecule has 1 aromatic carbocycles. The normalized spacial score (nSPS) is 10.7. The Kier molecular flexibility index (Phi) is 6.76. The Morgan fingerprint density at radius 2 is 2.06 bits per heavy atom. The lowest BCUT2D eigenvalue weighted by Crippen LogP contribution is -2.18. The third kappa shape index (κ3) is 5.24. The van der Waals surface area contributed by atoms with E-state index in [1.807, 2.05) is 24.5 Å². The van der Waals surface area contributed by atoms with Gasteiger partial charge in [0.05, 0.1) is 24.1 Å². The maximum atomic E-state index is 13.0. The molecule has 33 heavy (non-hydrogen) atoms. The van der Waals surface area contributed by atoms with E-state index >= 15 is 0 Å². The van der Waals surface area contributed by atoms with Crippen molar-refractivity contribution in [3.8, 4) is 6.07 Å². The molecular weight excluding hydrogens is 463 g/mol. The molecule has 0 fully saturated rings. The van der Waals surface area contributed by atoms with E-state index in [1.165, 1.54) is 35.2 Å². The molecule has 8 nitrogen and oxygen atoms in total. The molecular formula is C22H19FN6O2S2. The molecule has 0 spiro atoms. The number of amides is 1. The highest BCUT2D eigenvalue weighted by atomic mass is 32.2. The van der Waals surface area contributed by atoms with Crippen LogP contribution in [0.3, 0.4) is 0 Å². The van der Waals surface area contributed by atoms with Crippen molar-refractivity contribution in [1.29, 1.82) is 5.26 Å². The van der Waals surface area contributed by atoms with Gasteiger partial charge in [-0.05, 0) is 55.8 Å². The Labute approximate surface area is 197 Å². The fraction of sp³-hybridized carbons (Fsp3) is 0.182. The molecule has 0 saturated carbocycles. The van der Waals surface area contributed by atoms with Gasteiger partial charge in [-0.2, -0.15) is 5.26 Å². The Morgan fingerprint density at radius 3 is 2.76 bits per heavy atom. The van der Waals surface area contributed by atoms with Crippen LogP contribution in [0.15, 0.2) is 51.4 Å². The number of nitriles is 1. The molecule has 2 N–H and O–H groups in total. The molecule has 168 valence electrons. The average molecular weight is 483 g/mol. The quantitative estimate of drug-likeness (QED) is 0.337.